The number of hydrogen-bond donors (Lipinski definition) is 3. The maximum Gasteiger partial charge on any atom is 0.158 e. The van der Waals surface area contributed by atoms with Crippen LogP contribution in [0.1, 0.15) is 42.5 Å². The average molecular weight is 634 g/mol. The van der Waals surface area contributed by atoms with Crippen LogP contribution in [-0.4, -0.2) is 47.2 Å². The number of piperidine rings is 1. The zero-order chi connectivity index (χ0) is 27.4. The lowest BCUT2D eigenvalue weighted by molar-refractivity contribution is 0.202. The van der Waals surface area contributed by atoms with Crippen molar-refractivity contribution in [1.82, 2.24) is 24.5 Å². The minimum Gasteiger partial charge on any atom is -0.512 e. The van der Waals surface area contributed by atoms with Gasteiger partial charge < -0.3 is 10.9 Å². The Hall–Kier alpha value is -3.57. The minimum atomic E-state index is 0.0593. The van der Waals surface area contributed by atoms with E-state index in [1.165, 1.54) is 10.2 Å². The molecule has 1 aliphatic rings. The number of nitrogens with one attached hydrogen (secondary N) is 1. The molecule has 9 heteroatoms. The van der Waals surface area contributed by atoms with Gasteiger partial charge in [-0.1, -0.05) is 65.1 Å². The molecule has 0 amide bonds. The summed E-state index contributed by atoms with van der Waals surface area (Å²) in [5.74, 6) is 6.63. The number of rotatable bonds is 6. The predicted molar refractivity (Wildman–Crippen MR) is 162 cm³/mol. The molecule has 8 nitrogen and oxygen atoms in total. The van der Waals surface area contributed by atoms with E-state index in [1.54, 1.807) is 13.1 Å². The third-order valence-corrected chi connectivity index (χ3v) is 8.00. The summed E-state index contributed by atoms with van der Waals surface area (Å²) in [6.07, 6.45) is 7.31. The third kappa shape index (κ3) is 5.89. The van der Waals surface area contributed by atoms with Crippen LogP contribution < -0.4 is 22.0 Å². The minimum absolute atomic E-state index is 0.0593. The molecule has 0 saturated carbocycles. The molecule has 1 aromatic carbocycles. The highest BCUT2D eigenvalue weighted by Crippen LogP contribution is 2.25. The molecule has 1 aliphatic heterocycles. The summed E-state index contributed by atoms with van der Waals surface area (Å²) in [7, 11) is 0. The number of hydrogen-bond acceptors (Lipinski definition) is 7. The average Bonchev–Trinajstić information content (AvgIpc) is 2.97. The SMILES string of the molecule is CC(O)=c1c(C2CCN(Cc3cccnc3)CC2)n/c(=C(/CI)c2ccc(-c3ccccc3)nc2)n(N)c1=N. The van der Waals surface area contributed by atoms with E-state index in [0.717, 1.165) is 60.6 Å². The lowest BCUT2D eigenvalue weighted by Crippen LogP contribution is -2.53. The van der Waals surface area contributed by atoms with Gasteiger partial charge in [-0.2, -0.15) is 0 Å². The zero-order valence-corrected chi connectivity index (χ0v) is 24.0. The molecule has 200 valence electrons. The summed E-state index contributed by atoms with van der Waals surface area (Å²) in [5, 5.41) is 19.9. The van der Waals surface area contributed by atoms with E-state index < -0.39 is 0 Å². The van der Waals surface area contributed by atoms with Gasteiger partial charge in [0, 0.05) is 52.2 Å². The van der Waals surface area contributed by atoms with Gasteiger partial charge in [-0.05, 0) is 50.6 Å². The van der Waals surface area contributed by atoms with Gasteiger partial charge in [-0.15, -0.1) is 0 Å². The van der Waals surface area contributed by atoms with Crippen LogP contribution in [0.5, 0.6) is 0 Å². The molecular formula is C30H32IN7O. The largest absolute Gasteiger partial charge is 0.512 e. The van der Waals surface area contributed by atoms with Gasteiger partial charge in [-0.25, -0.2) is 9.66 Å². The van der Waals surface area contributed by atoms with E-state index in [2.05, 4.69) is 38.5 Å². The van der Waals surface area contributed by atoms with Crippen molar-refractivity contribution in [1.29, 1.82) is 5.41 Å². The Kier molecular flexibility index (Phi) is 8.37. The second-order valence-corrected chi connectivity index (χ2v) is 10.6. The van der Waals surface area contributed by atoms with Crippen LogP contribution in [0.3, 0.4) is 0 Å². The molecule has 0 aliphatic carbocycles. The smallest absolute Gasteiger partial charge is 0.158 e. The Morgan fingerprint density at radius 3 is 2.46 bits per heavy atom. The molecule has 4 heterocycles. The van der Waals surface area contributed by atoms with Crippen molar-refractivity contribution in [2.75, 3.05) is 23.4 Å². The second-order valence-electron chi connectivity index (χ2n) is 9.82. The number of halogens is 1. The van der Waals surface area contributed by atoms with Crippen molar-refractivity contribution in [2.45, 2.75) is 32.2 Å². The molecule has 0 unspecified atom stereocenters. The monoisotopic (exact) mass is 633 g/mol. The molecule has 3 aromatic heterocycles. The van der Waals surface area contributed by atoms with Gasteiger partial charge in [-0.3, -0.25) is 20.3 Å². The summed E-state index contributed by atoms with van der Waals surface area (Å²) in [5.41, 5.74) is 6.28. The van der Waals surface area contributed by atoms with Crippen molar-refractivity contribution in [3.05, 3.63) is 106 Å². The molecule has 0 atom stereocenters. The Morgan fingerprint density at radius 2 is 1.85 bits per heavy atom. The summed E-state index contributed by atoms with van der Waals surface area (Å²) in [6, 6.07) is 18.1. The first-order valence-electron chi connectivity index (χ1n) is 13.0. The summed E-state index contributed by atoms with van der Waals surface area (Å²) >= 11 is 2.31. The van der Waals surface area contributed by atoms with E-state index in [-0.39, 0.29) is 17.2 Å². The Bertz CT molecular complexity index is 1610. The molecule has 1 saturated heterocycles. The highest BCUT2D eigenvalue weighted by atomic mass is 127. The highest BCUT2D eigenvalue weighted by Gasteiger charge is 2.25. The third-order valence-electron chi connectivity index (χ3n) is 7.24. The van der Waals surface area contributed by atoms with Crippen molar-refractivity contribution in [2.24, 2.45) is 0 Å². The molecule has 0 radical (unpaired) electrons. The molecule has 5 rings (SSSR count). The van der Waals surface area contributed by atoms with Crippen LogP contribution in [-0.2, 0) is 6.54 Å². The molecular weight excluding hydrogens is 601 g/mol. The lowest BCUT2D eigenvalue weighted by atomic mass is 9.91. The standard InChI is InChI=1S/C30H32IN7O/c1-20(39)27-28(23-11-14-37(15-12-23)19-21-6-5-13-34-17-21)36-30(38(33)29(27)32)25(16-31)24-9-10-26(35-18-24)22-7-3-2-4-8-22/h2-10,13,17-18,23,32,39H,11-12,14-16,19,33H2,1H3/b27-20?,30-25+,32-29?. The van der Waals surface area contributed by atoms with E-state index in [9.17, 15) is 5.11 Å². The Morgan fingerprint density at radius 1 is 1.08 bits per heavy atom. The second kappa shape index (κ2) is 12.1. The zero-order valence-electron chi connectivity index (χ0n) is 21.9. The Balaban J connectivity index is 1.52. The summed E-state index contributed by atoms with van der Waals surface area (Å²) in [4.78, 5) is 16.4. The first kappa shape index (κ1) is 27.0. The maximum absolute atomic E-state index is 10.6. The fourth-order valence-corrected chi connectivity index (χ4v) is 5.95. The van der Waals surface area contributed by atoms with Crippen LogP contribution >= 0.6 is 22.6 Å². The van der Waals surface area contributed by atoms with Crippen molar-refractivity contribution in [3.63, 3.8) is 0 Å². The summed E-state index contributed by atoms with van der Waals surface area (Å²) in [6.45, 7) is 4.26. The van der Waals surface area contributed by atoms with Gasteiger partial charge in [0.15, 0.2) is 11.0 Å². The molecule has 4 aromatic rings. The molecule has 39 heavy (non-hydrogen) atoms. The number of nitrogens with zero attached hydrogens (tertiary/aromatic N) is 5. The highest BCUT2D eigenvalue weighted by molar-refractivity contribution is 14.1. The number of aliphatic hydroxyl groups excluding tert-OH is 1. The van der Waals surface area contributed by atoms with Crippen LogP contribution in [0.15, 0.2) is 73.2 Å². The van der Waals surface area contributed by atoms with Gasteiger partial charge in [0.05, 0.1) is 16.6 Å². The van der Waals surface area contributed by atoms with Gasteiger partial charge >= 0.3 is 0 Å². The lowest BCUT2D eigenvalue weighted by Gasteiger charge is -2.32. The number of alkyl halides is 1. The van der Waals surface area contributed by atoms with Crippen molar-refractivity contribution >= 4 is 33.9 Å². The quantitative estimate of drug-likeness (QED) is 0.171. The number of aromatic nitrogens is 4. The maximum atomic E-state index is 10.6. The number of nitrogen functional groups attached to an aromatic ring is 1. The summed E-state index contributed by atoms with van der Waals surface area (Å²) < 4.78 is 1.92. The molecule has 0 spiro atoms. The van der Waals surface area contributed by atoms with E-state index in [1.807, 2.05) is 60.9 Å². The fourth-order valence-electron chi connectivity index (χ4n) is 5.17. The topological polar surface area (TPSA) is 117 Å². The number of nitrogens with two attached hydrogens (primary N) is 1. The van der Waals surface area contributed by atoms with E-state index >= 15 is 0 Å². The first-order chi connectivity index (χ1) is 19.0. The van der Waals surface area contributed by atoms with Crippen LogP contribution in [0.25, 0.3) is 22.6 Å². The van der Waals surface area contributed by atoms with Gasteiger partial charge in [0.2, 0.25) is 0 Å². The van der Waals surface area contributed by atoms with Crippen molar-refractivity contribution < 1.29 is 5.11 Å². The number of aliphatic hydroxyl groups is 1. The van der Waals surface area contributed by atoms with Crippen molar-refractivity contribution in [3.8, 4) is 11.3 Å². The predicted octanol–water partition coefficient (Wildman–Crippen LogP) is 3.23. The molecule has 4 N–H and O–H groups in total. The number of likely N-dealkylation sites (tertiary alicyclic amines) is 1. The number of pyridine rings is 2. The number of benzene rings is 1. The van der Waals surface area contributed by atoms with Crippen LogP contribution in [0.4, 0.5) is 0 Å². The first-order valence-corrected chi connectivity index (χ1v) is 14.5. The van der Waals surface area contributed by atoms with Gasteiger partial charge in [0.1, 0.15) is 5.76 Å². The van der Waals surface area contributed by atoms with Gasteiger partial charge in [0.25, 0.3) is 0 Å². The Labute approximate surface area is 241 Å². The fraction of sp³-hybridized carbons (Fsp3) is 0.267. The van der Waals surface area contributed by atoms with Crippen LogP contribution in [0.2, 0.25) is 0 Å². The molecule has 0 bridgehead atoms. The normalized spacial score (nSPS) is 16.2. The van der Waals surface area contributed by atoms with E-state index in [0.29, 0.717) is 15.1 Å². The molecule has 1 fully saturated rings. The van der Waals surface area contributed by atoms with Crippen LogP contribution in [0, 0.1) is 5.41 Å². The van der Waals surface area contributed by atoms with E-state index in [4.69, 9.17) is 21.2 Å².